The summed E-state index contributed by atoms with van der Waals surface area (Å²) in [5, 5.41) is 4.24. The van der Waals surface area contributed by atoms with Crippen LogP contribution in [0.5, 0.6) is 5.75 Å². The zero-order valence-corrected chi connectivity index (χ0v) is 13.8. The van der Waals surface area contributed by atoms with Gasteiger partial charge in [0.15, 0.2) is 0 Å². The molecule has 0 aliphatic rings. The van der Waals surface area contributed by atoms with Crippen LogP contribution < -0.4 is 10.2 Å². The van der Waals surface area contributed by atoms with E-state index in [4.69, 9.17) is 4.74 Å². The summed E-state index contributed by atoms with van der Waals surface area (Å²) in [6, 6.07) is 17.9. The fourth-order valence-corrected chi connectivity index (χ4v) is 3.32. The molecular weight excluding hydrogens is 341 g/mol. The number of ether oxygens (including phenoxy) is 1. The van der Waals surface area contributed by atoms with Crippen molar-refractivity contribution in [2.24, 2.45) is 5.10 Å². The summed E-state index contributed by atoms with van der Waals surface area (Å²) < 4.78 is 6.04. The number of nitrogens with one attached hydrogen (secondary N) is 1. The van der Waals surface area contributed by atoms with Crippen molar-refractivity contribution in [2.45, 2.75) is 0 Å². The van der Waals surface area contributed by atoms with Crippen molar-refractivity contribution >= 4 is 25.4 Å². The van der Waals surface area contributed by atoms with Gasteiger partial charge >= 0.3 is 135 Å². The predicted octanol–water partition coefficient (Wildman–Crippen LogP) is 3.26. The van der Waals surface area contributed by atoms with E-state index in [2.05, 4.69) is 32.6 Å². The summed E-state index contributed by atoms with van der Waals surface area (Å²) >= 11 is 0.197. The first-order valence-corrected chi connectivity index (χ1v) is 8.64. The van der Waals surface area contributed by atoms with Crippen LogP contribution in [0.1, 0.15) is 5.56 Å². The number of methoxy groups -OCH3 is 1. The quantitative estimate of drug-likeness (QED) is 0.434. The third-order valence-corrected chi connectivity index (χ3v) is 4.63. The molecule has 2 aromatic carbocycles. The summed E-state index contributed by atoms with van der Waals surface area (Å²) in [4.78, 5) is 6.74. The van der Waals surface area contributed by atoms with Gasteiger partial charge < -0.3 is 0 Å². The molecule has 3 rings (SSSR count). The number of hydrogen-bond acceptors (Lipinski definition) is 4. The molecule has 0 amide bonds. The maximum absolute atomic E-state index is 5.13. The zero-order valence-electron chi connectivity index (χ0n) is 12.1. The van der Waals surface area contributed by atoms with Gasteiger partial charge in [-0.2, -0.15) is 0 Å². The van der Waals surface area contributed by atoms with E-state index in [1.54, 1.807) is 13.3 Å². The Morgan fingerprint density at radius 3 is 2.59 bits per heavy atom. The topological polar surface area (TPSA) is 46.5 Å². The van der Waals surface area contributed by atoms with Crippen molar-refractivity contribution < 1.29 is 4.74 Å². The summed E-state index contributed by atoms with van der Waals surface area (Å²) in [6.45, 7) is 0. The molecular formula is C17H15N3OSe. The Bertz CT molecular complexity index is 751. The zero-order chi connectivity index (χ0) is 15.2. The van der Waals surface area contributed by atoms with Crippen molar-refractivity contribution in [2.75, 3.05) is 12.5 Å². The Morgan fingerprint density at radius 1 is 1.09 bits per heavy atom. The van der Waals surface area contributed by atoms with Gasteiger partial charge in [-0.3, -0.25) is 0 Å². The standard InChI is InChI=1S/C17H15N3OSe/c1-21-15-9-7-13(8-10-15)11-18-20-17-19-16(12-22-17)14-5-3-2-4-6-14/h2-12H,1H3,(H,19,20)/b18-11+. The first kappa shape index (κ1) is 14.6. The molecule has 0 aliphatic carbocycles. The third-order valence-electron chi connectivity index (χ3n) is 3.06. The molecule has 1 N–H and O–H groups in total. The molecule has 0 saturated heterocycles. The van der Waals surface area contributed by atoms with Gasteiger partial charge in [-0.25, -0.2) is 0 Å². The molecule has 0 unspecified atom stereocenters. The Kier molecular flexibility index (Phi) is 4.68. The van der Waals surface area contributed by atoms with Gasteiger partial charge in [0.25, 0.3) is 0 Å². The summed E-state index contributed by atoms with van der Waals surface area (Å²) in [7, 11) is 1.66. The van der Waals surface area contributed by atoms with E-state index in [1.807, 2.05) is 42.5 Å². The van der Waals surface area contributed by atoms with E-state index < -0.39 is 0 Å². The van der Waals surface area contributed by atoms with Crippen LogP contribution in [0.2, 0.25) is 0 Å². The van der Waals surface area contributed by atoms with Crippen LogP contribution in [-0.2, 0) is 0 Å². The van der Waals surface area contributed by atoms with Crippen LogP contribution in [0.3, 0.4) is 0 Å². The maximum atomic E-state index is 5.13. The minimum atomic E-state index is 0.197. The van der Waals surface area contributed by atoms with Gasteiger partial charge in [-0.05, 0) is 0 Å². The average Bonchev–Trinajstić information content (AvgIpc) is 3.05. The molecule has 1 aromatic heterocycles. The molecule has 3 aromatic rings. The van der Waals surface area contributed by atoms with Gasteiger partial charge in [-0.1, -0.05) is 0 Å². The van der Waals surface area contributed by atoms with Crippen LogP contribution in [0.15, 0.2) is 64.6 Å². The van der Waals surface area contributed by atoms with E-state index in [0.29, 0.717) is 0 Å². The van der Waals surface area contributed by atoms with Crippen molar-refractivity contribution in [3.8, 4) is 17.0 Å². The second kappa shape index (κ2) is 7.07. The van der Waals surface area contributed by atoms with Crippen molar-refractivity contribution in [1.29, 1.82) is 0 Å². The van der Waals surface area contributed by atoms with E-state index in [9.17, 15) is 0 Å². The van der Waals surface area contributed by atoms with Crippen LogP contribution in [0.25, 0.3) is 11.3 Å². The SMILES string of the molecule is COc1ccc(/C=N/Nc2nc(-c3ccccc3)c[se]2)cc1. The van der Waals surface area contributed by atoms with E-state index >= 15 is 0 Å². The fraction of sp³-hybridized carbons (Fsp3) is 0.0588. The number of rotatable bonds is 5. The van der Waals surface area contributed by atoms with E-state index in [0.717, 1.165) is 27.3 Å². The van der Waals surface area contributed by atoms with Crippen LogP contribution in [0.4, 0.5) is 4.69 Å². The number of nitrogens with zero attached hydrogens (tertiary/aromatic N) is 2. The second-order valence-corrected chi connectivity index (χ2v) is 6.35. The van der Waals surface area contributed by atoms with Crippen LogP contribution in [0, 0.1) is 0 Å². The Morgan fingerprint density at radius 2 is 1.86 bits per heavy atom. The van der Waals surface area contributed by atoms with Gasteiger partial charge in [0.05, 0.1) is 0 Å². The Hall–Kier alpha value is -2.36. The third kappa shape index (κ3) is 3.64. The first-order chi connectivity index (χ1) is 10.8. The monoisotopic (exact) mass is 357 g/mol. The van der Waals surface area contributed by atoms with Crippen LogP contribution in [-0.4, -0.2) is 32.8 Å². The second-order valence-electron chi connectivity index (χ2n) is 4.55. The molecule has 0 aliphatic heterocycles. The molecule has 1 heterocycles. The normalized spacial score (nSPS) is 10.8. The van der Waals surface area contributed by atoms with Crippen molar-refractivity contribution in [1.82, 2.24) is 4.98 Å². The first-order valence-electron chi connectivity index (χ1n) is 6.79. The van der Waals surface area contributed by atoms with Gasteiger partial charge in [0, 0.05) is 0 Å². The van der Waals surface area contributed by atoms with Gasteiger partial charge in [0.1, 0.15) is 0 Å². The molecule has 0 spiro atoms. The minimum absolute atomic E-state index is 0.197. The van der Waals surface area contributed by atoms with Crippen LogP contribution >= 0.6 is 0 Å². The van der Waals surface area contributed by atoms with Crippen molar-refractivity contribution in [3.05, 3.63) is 65.1 Å². The summed E-state index contributed by atoms with van der Waals surface area (Å²) in [5.74, 6) is 0.838. The molecule has 22 heavy (non-hydrogen) atoms. The molecule has 110 valence electrons. The molecule has 0 radical (unpaired) electrons. The van der Waals surface area contributed by atoms with E-state index in [-0.39, 0.29) is 14.5 Å². The van der Waals surface area contributed by atoms with Gasteiger partial charge in [0.2, 0.25) is 0 Å². The molecule has 0 atom stereocenters. The Labute approximate surface area is 135 Å². The fourth-order valence-electron chi connectivity index (χ4n) is 1.92. The molecule has 4 nitrogen and oxygen atoms in total. The van der Waals surface area contributed by atoms with Gasteiger partial charge in [-0.15, -0.1) is 0 Å². The Balaban J connectivity index is 1.64. The number of anilines is 1. The molecule has 0 fully saturated rings. The summed E-state index contributed by atoms with van der Waals surface area (Å²) in [6.07, 6.45) is 1.78. The molecule has 0 saturated carbocycles. The predicted molar refractivity (Wildman–Crippen MR) is 90.8 cm³/mol. The van der Waals surface area contributed by atoms with Crippen molar-refractivity contribution in [3.63, 3.8) is 0 Å². The molecule has 0 bridgehead atoms. The number of hydrogen-bond donors (Lipinski definition) is 1. The number of hydrazone groups is 1. The summed E-state index contributed by atoms with van der Waals surface area (Å²) in [5.41, 5.74) is 6.19. The average molecular weight is 356 g/mol. The number of benzene rings is 2. The number of aromatic nitrogens is 1. The van der Waals surface area contributed by atoms with E-state index in [1.165, 1.54) is 0 Å². The molecule has 5 heteroatoms.